The van der Waals surface area contributed by atoms with E-state index in [1.807, 2.05) is 0 Å². The van der Waals surface area contributed by atoms with Gasteiger partial charge in [0.1, 0.15) is 5.69 Å². The molecule has 1 aliphatic heterocycles. The van der Waals surface area contributed by atoms with Crippen molar-refractivity contribution in [2.45, 2.75) is 45.2 Å². The Balaban J connectivity index is 1.69. The van der Waals surface area contributed by atoms with Gasteiger partial charge in [-0.05, 0) is 37.3 Å². The molecule has 3 rings (SSSR count). The lowest BCUT2D eigenvalue weighted by Crippen LogP contribution is -2.47. The highest BCUT2D eigenvalue weighted by Gasteiger charge is 2.26. The number of nitro groups is 1. The number of nitro benzene ring substituents is 1. The van der Waals surface area contributed by atoms with Gasteiger partial charge in [0, 0.05) is 43.3 Å². The number of morpholine rings is 1. The molecule has 0 bridgehead atoms. The molecule has 1 unspecified atom stereocenters. The van der Waals surface area contributed by atoms with Gasteiger partial charge in [0.15, 0.2) is 0 Å². The average molecular weight is 390 g/mol. The minimum absolute atomic E-state index is 0.0614. The number of carbonyl (C=O) groups excluding carboxylic acids is 1. The highest BCUT2D eigenvalue weighted by Crippen LogP contribution is 2.27. The van der Waals surface area contributed by atoms with Crippen LogP contribution in [0, 0.1) is 16.0 Å². The van der Waals surface area contributed by atoms with Gasteiger partial charge in [-0.1, -0.05) is 13.8 Å². The van der Waals surface area contributed by atoms with Crippen LogP contribution in [0.2, 0.25) is 0 Å². The smallest absolute Gasteiger partial charge is 0.293 e. The van der Waals surface area contributed by atoms with Gasteiger partial charge in [-0.15, -0.1) is 0 Å². The molecule has 1 atom stereocenters. The number of nitrogens with zero attached hydrogens (tertiary/aromatic N) is 2. The predicted molar refractivity (Wildman–Crippen MR) is 108 cm³/mol. The highest BCUT2D eigenvalue weighted by atomic mass is 16.6. The van der Waals surface area contributed by atoms with E-state index in [0.717, 1.165) is 45.6 Å². The van der Waals surface area contributed by atoms with Crippen molar-refractivity contribution in [3.8, 4) is 0 Å². The molecule has 0 aromatic heterocycles. The van der Waals surface area contributed by atoms with E-state index < -0.39 is 4.92 Å². The van der Waals surface area contributed by atoms with Crippen LogP contribution in [-0.4, -0.2) is 60.7 Å². The molecule has 154 valence electrons. The summed E-state index contributed by atoms with van der Waals surface area (Å²) in [7, 11) is 0. The Labute approximate surface area is 165 Å². The van der Waals surface area contributed by atoms with Crippen molar-refractivity contribution in [3.05, 3.63) is 33.9 Å². The first-order chi connectivity index (χ1) is 13.4. The van der Waals surface area contributed by atoms with Gasteiger partial charge in [0.05, 0.1) is 18.1 Å². The molecule has 2 fully saturated rings. The van der Waals surface area contributed by atoms with E-state index in [1.165, 1.54) is 6.07 Å². The lowest BCUT2D eigenvalue weighted by Gasteiger charge is -2.35. The van der Waals surface area contributed by atoms with Gasteiger partial charge in [0.25, 0.3) is 11.6 Å². The van der Waals surface area contributed by atoms with Crippen LogP contribution in [0.1, 0.15) is 43.5 Å². The van der Waals surface area contributed by atoms with Crippen molar-refractivity contribution in [1.29, 1.82) is 0 Å². The minimum Gasteiger partial charge on any atom is -0.379 e. The number of hydrogen-bond acceptors (Lipinski definition) is 6. The first-order valence-electron chi connectivity index (χ1n) is 10.1. The van der Waals surface area contributed by atoms with Gasteiger partial charge in [0.2, 0.25) is 0 Å². The van der Waals surface area contributed by atoms with Crippen LogP contribution in [0.15, 0.2) is 18.2 Å². The summed E-state index contributed by atoms with van der Waals surface area (Å²) in [4.78, 5) is 25.7. The third-order valence-electron chi connectivity index (χ3n) is 5.20. The maximum Gasteiger partial charge on any atom is 0.293 e. The van der Waals surface area contributed by atoms with Crippen LogP contribution in [-0.2, 0) is 4.74 Å². The number of benzene rings is 1. The number of nitrogens with one attached hydrogen (secondary N) is 2. The fourth-order valence-corrected chi connectivity index (χ4v) is 3.55. The molecule has 1 aliphatic carbocycles. The largest absolute Gasteiger partial charge is 0.379 e. The van der Waals surface area contributed by atoms with Crippen molar-refractivity contribution in [1.82, 2.24) is 10.2 Å². The lowest BCUT2D eigenvalue weighted by atomic mass is 10.0. The van der Waals surface area contributed by atoms with E-state index >= 15 is 0 Å². The third kappa shape index (κ3) is 5.65. The number of amides is 1. The number of rotatable bonds is 9. The van der Waals surface area contributed by atoms with E-state index in [2.05, 4.69) is 29.4 Å². The lowest BCUT2D eigenvalue weighted by molar-refractivity contribution is -0.384. The van der Waals surface area contributed by atoms with Crippen LogP contribution < -0.4 is 10.6 Å². The zero-order chi connectivity index (χ0) is 20.1. The monoisotopic (exact) mass is 390 g/mol. The van der Waals surface area contributed by atoms with Gasteiger partial charge < -0.3 is 15.4 Å². The zero-order valence-electron chi connectivity index (χ0n) is 16.6. The van der Waals surface area contributed by atoms with Crippen LogP contribution in [0.5, 0.6) is 0 Å². The normalized spacial score (nSPS) is 18.7. The molecule has 0 spiro atoms. The Kier molecular flexibility index (Phi) is 6.85. The van der Waals surface area contributed by atoms with Gasteiger partial charge in [-0.3, -0.25) is 19.8 Å². The molecule has 8 nitrogen and oxygen atoms in total. The molecule has 1 saturated heterocycles. The Morgan fingerprint density at radius 1 is 1.32 bits per heavy atom. The minimum atomic E-state index is -0.428. The average Bonchev–Trinajstić information content (AvgIpc) is 3.49. The molecule has 8 heteroatoms. The fraction of sp³-hybridized carbons (Fsp3) is 0.650. The number of hydrogen-bond donors (Lipinski definition) is 2. The second-order valence-electron chi connectivity index (χ2n) is 8.05. The maximum absolute atomic E-state index is 12.2. The standard InChI is InChI=1S/C20H30N4O4/c1-14(2)11-17(23-7-9-28-10-8-23)13-21-18-6-3-15(12-19(18)24(26)27)20(25)22-16-4-5-16/h3,6,12,14,16-17,21H,4-5,7-11,13H2,1-2H3,(H,22,25). The molecule has 1 aromatic carbocycles. The first kappa shape index (κ1) is 20.5. The molecular weight excluding hydrogens is 360 g/mol. The Morgan fingerprint density at radius 2 is 2.04 bits per heavy atom. The third-order valence-corrected chi connectivity index (χ3v) is 5.20. The predicted octanol–water partition coefficient (Wildman–Crippen LogP) is 2.65. The van der Waals surface area contributed by atoms with E-state index in [1.54, 1.807) is 12.1 Å². The summed E-state index contributed by atoms with van der Waals surface area (Å²) in [5.74, 6) is 0.279. The van der Waals surface area contributed by atoms with Crippen molar-refractivity contribution < 1.29 is 14.5 Å². The summed E-state index contributed by atoms with van der Waals surface area (Å²) in [5, 5.41) is 17.7. The number of ether oxygens (including phenoxy) is 1. The molecular formula is C20H30N4O4. The Hall–Kier alpha value is -2.19. The highest BCUT2D eigenvalue weighted by molar-refractivity contribution is 5.96. The van der Waals surface area contributed by atoms with Crippen molar-refractivity contribution in [3.63, 3.8) is 0 Å². The molecule has 2 N–H and O–H groups in total. The molecule has 1 amide bonds. The molecule has 28 heavy (non-hydrogen) atoms. The van der Waals surface area contributed by atoms with Crippen LogP contribution in [0.4, 0.5) is 11.4 Å². The van der Waals surface area contributed by atoms with E-state index in [0.29, 0.717) is 23.7 Å². The fourth-order valence-electron chi connectivity index (χ4n) is 3.55. The van der Waals surface area contributed by atoms with Crippen LogP contribution >= 0.6 is 0 Å². The van der Waals surface area contributed by atoms with E-state index in [9.17, 15) is 14.9 Å². The topological polar surface area (TPSA) is 96.7 Å². The van der Waals surface area contributed by atoms with E-state index in [4.69, 9.17) is 4.74 Å². The molecule has 0 radical (unpaired) electrons. The SMILES string of the molecule is CC(C)CC(CNc1ccc(C(=O)NC2CC2)cc1[N+](=O)[O-])N1CCOCC1. The quantitative estimate of drug-likeness (QED) is 0.497. The number of anilines is 1. The van der Waals surface area contributed by atoms with Gasteiger partial charge in [-0.2, -0.15) is 0 Å². The second-order valence-corrected chi connectivity index (χ2v) is 8.05. The summed E-state index contributed by atoms with van der Waals surface area (Å²) in [5.41, 5.74) is 0.722. The maximum atomic E-state index is 12.2. The zero-order valence-corrected chi connectivity index (χ0v) is 16.6. The summed E-state index contributed by atoms with van der Waals surface area (Å²) < 4.78 is 5.45. The second kappa shape index (κ2) is 9.34. The van der Waals surface area contributed by atoms with Crippen molar-refractivity contribution in [2.75, 3.05) is 38.2 Å². The summed E-state index contributed by atoms with van der Waals surface area (Å²) in [6.07, 6.45) is 2.96. The van der Waals surface area contributed by atoms with E-state index in [-0.39, 0.29) is 23.7 Å². The number of carbonyl (C=O) groups is 1. The molecule has 1 saturated carbocycles. The summed E-state index contributed by atoms with van der Waals surface area (Å²) >= 11 is 0. The van der Waals surface area contributed by atoms with Crippen molar-refractivity contribution >= 4 is 17.3 Å². The van der Waals surface area contributed by atoms with Gasteiger partial charge in [-0.25, -0.2) is 0 Å². The van der Waals surface area contributed by atoms with Gasteiger partial charge >= 0.3 is 0 Å². The summed E-state index contributed by atoms with van der Waals surface area (Å²) in [6.45, 7) is 8.18. The molecule has 2 aliphatic rings. The van der Waals surface area contributed by atoms with Crippen LogP contribution in [0.3, 0.4) is 0 Å². The van der Waals surface area contributed by atoms with Crippen LogP contribution in [0.25, 0.3) is 0 Å². The first-order valence-corrected chi connectivity index (χ1v) is 10.1. The Bertz CT molecular complexity index is 699. The Morgan fingerprint density at radius 3 is 2.64 bits per heavy atom. The van der Waals surface area contributed by atoms with Crippen molar-refractivity contribution in [2.24, 2.45) is 5.92 Å². The summed E-state index contributed by atoms with van der Waals surface area (Å²) in [6, 6.07) is 5.16. The molecule has 1 aromatic rings. The molecule has 1 heterocycles.